The van der Waals surface area contributed by atoms with E-state index < -0.39 is 10.0 Å². The minimum absolute atomic E-state index is 0.0613. The quantitative estimate of drug-likeness (QED) is 0.731. The molecule has 0 aliphatic carbocycles. The summed E-state index contributed by atoms with van der Waals surface area (Å²) in [5.41, 5.74) is 0. The molecule has 23 heavy (non-hydrogen) atoms. The minimum atomic E-state index is -3.68. The highest BCUT2D eigenvalue weighted by Crippen LogP contribution is 2.26. The highest BCUT2D eigenvalue weighted by Gasteiger charge is 2.16. The lowest BCUT2D eigenvalue weighted by molar-refractivity contribution is -0.128. The number of methoxy groups -OCH3 is 1. The van der Waals surface area contributed by atoms with Crippen LogP contribution in [0.4, 0.5) is 0 Å². The van der Waals surface area contributed by atoms with Gasteiger partial charge in [-0.1, -0.05) is 24.9 Å². The molecule has 1 N–H and O–H groups in total. The van der Waals surface area contributed by atoms with Crippen molar-refractivity contribution >= 4 is 27.5 Å². The molecule has 0 fully saturated rings. The Kier molecular flexibility index (Phi) is 7.81. The predicted octanol–water partition coefficient (Wildman–Crippen LogP) is 2.28. The zero-order valence-electron chi connectivity index (χ0n) is 13.6. The molecule has 1 aromatic carbocycles. The summed E-state index contributed by atoms with van der Waals surface area (Å²) in [6, 6.07) is 4.26. The first-order chi connectivity index (χ1) is 10.8. The molecule has 0 radical (unpaired) electrons. The number of rotatable bonds is 9. The molecule has 6 nitrogen and oxygen atoms in total. The average molecular weight is 363 g/mol. The number of ether oxygens (including phenoxy) is 1. The van der Waals surface area contributed by atoms with Crippen LogP contribution < -0.4 is 9.46 Å². The van der Waals surface area contributed by atoms with E-state index in [0.717, 1.165) is 12.8 Å². The summed E-state index contributed by atoms with van der Waals surface area (Å²) < 4.78 is 31.9. The number of hydrogen-bond acceptors (Lipinski definition) is 4. The van der Waals surface area contributed by atoms with Crippen LogP contribution in [-0.4, -0.2) is 46.0 Å². The van der Waals surface area contributed by atoms with Crippen molar-refractivity contribution in [2.75, 3.05) is 26.7 Å². The fourth-order valence-corrected chi connectivity index (χ4v) is 3.36. The first-order valence-electron chi connectivity index (χ1n) is 7.40. The summed E-state index contributed by atoms with van der Waals surface area (Å²) in [6.07, 6.45) is 1.86. The van der Waals surface area contributed by atoms with E-state index in [-0.39, 0.29) is 22.4 Å². The van der Waals surface area contributed by atoms with Gasteiger partial charge in [-0.2, -0.15) is 0 Å². The third-order valence-electron chi connectivity index (χ3n) is 3.33. The molecule has 0 spiro atoms. The number of carbonyl (C=O) groups excluding carboxylic acids is 1. The third-order valence-corrected chi connectivity index (χ3v) is 5.09. The number of benzene rings is 1. The predicted molar refractivity (Wildman–Crippen MR) is 90.4 cm³/mol. The van der Waals surface area contributed by atoms with Gasteiger partial charge in [0, 0.05) is 26.6 Å². The van der Waals surface area contributed by atoms with E-state index in [4.69, 9.17) is 16.3 Å². The van der Waals surface area contributed by atoms with E-state index >= 15 is 0 Å². The van der Waals surface area contributed by atoms with E-state index in [2.05, 4.69) is 4.72 Å². The Balaban J connectivity index is 2.68. The lowest BCUT2D eigenvalue weighted by atomic mass is 10.3. The van der Waals surface area contributed by atoms with Crippen molar-refractivity contribution in [3.8, 4) is 5.75 Å². The van der Waals surface area contributed by atoms with Crippen LogP contribution in [0.3, 0.4) is 0 Å². The molecule has 0 aromatic heterocycles. The van der Waals surface area contributed by atoms with Crippen LogP contribution >= 0.6 is 11.6 Å². The van der Waals surface area contributed by atoms with E-state index in [1.807, 2.05) is 6.92 Å². The molecule has 130 valence electrons. The van der Waals surface area contributed by atoms with Crippen LogP contribution in [0.1, 0.15) is 26.7 Å². The van der Waals surface area contributed by atoms with Gasteiger partial charge in [0.25, 0.3) is 0 Å². The van der Waals surface area contributed by atoms with Crippen molar-refractivity contribution in [2.45, 2.75) is 31.6 Å². The van der Waals surface area contributed by atoms with Crippen molar-refractivity contribution in [1.29, 1.82) is 0 Å². The van der Waals surface area contributed by atoms with Gasteiger partial charge < -0.3 is 9.64 Å². The first-order valence-corrected chi connectivity index (χ1v) is 9.26. The number of halogens is 1. The maximum atomic E-state index is 12.2. The summed E-state index contributed by atoms with van der Waals surface area (Å²) in [5.74, 6) is 0.345. The van der Waals surface area contributed by atoms with Gasteiger partial charge in [0.2, 0.25) is 15.9 Å². The second kappa shape index (κ2) is 9.10. The zero-order chi connectivity index (χ0) is 17.5. The fourth-order valence-electron chi connectivity index (χ4n) is 1.99. The maximum absolute atomic E-state index is 12.2. The lowest BCUT2D eigenvalue weighted by Crippen LogP contribution is -2.38. The lowest BCUT2D eigenvalue weighted by Gasteiger charge is -2.21. The van der Waals surface area contributed by atoms with Crippen molar-refractivity contribution in [3.63, 3.8) is 0 Å². The zero-order valence-corrected chi connectivity index (χ0v) is 15.2. The molecule has 0 saturated heterocycles. The van der Waals surface area contributed by atoms with Crippen molar-refractivity contribution < 1.29 is 17.9 Å². The summed E-state index contributed by atoms with van der Waals surface area (Å²) >= 11 is 5.95. The number of carbonyl (C=O) groups is 1. The van der Waals surface area contributed by atoms with Gasteiger partial charge in [-0.25, -0.2) is 13.1 Å². The molecule has 1 rings (SSSR count). The molecule has 0 unspecified atom stereocenters. The monoisotopic (exact) mass is 362 g/mol. The number of nitrogens with zero attached hydrogens (tertiary/aromatic N) is 1. The Bertz CT molecular complexity index is 634. The van der Waals surface area contributed by atoms with Crippen LogP contribution in [0.15, 0.2) is 23.1 Å². The number of hydrogen-bond donors (Lipinski definition) is 1. The maximum Gasteiger partial charge on any atom is 0.240 e. The molecule has 0 bridgehead atoms. The Labute approximate surface area is 142 Å². The van der Waals surface area contributed by atoms with Crippen LogP contribution in [0, 0.1) is 0 Å². The summed E-state index contributed by atoms with van der Waals surface area (Å²) in [7, 11) is -2.22. The molecule has 8 heteroatoms. The number of unbranched alkanes of at least 4 members (excludes halogenated alkanes) is 1. The molecule has 0 saturated carbocycles. The van der Waals surface area contributed by atoms with Gasteiger partial charge in [0.05, 0.1) is 17.0 Å². The largest absolute Gasteiger partial charge is 0.495 e. The fraction of sp³-hybridized carbons (Fsp3) is 0.533. The van der Waals surface area contributed by atoms with Gasteiger partial charge in [-0.3, -0.25) is 4.79 Å². The molecule has 1 aromatic rings. The molecule has 0 aliphatic rings. The van der Waals surface area contributed by atoms with Gasteiger partial charge in [-0.15, -0.1) is 0 Å². The second-order valence-electron chi connectivity index (χ2n) is 5.05. The average Bonchev–Trinajstić information content (AvgIpc) is 2.50. The number of nitrogens with one attached hydrogen (secondary N) is 1. The molecule has 1 amide bonds. The number of amides is 1. The Hall–Kier alpha value is -1.31. The Morgan fingerprint density at radius 2 is 2.04 bits per heavy atom. The van der Waals surface area contributed by atoms with E-state index in [1.54, 1.807) is 4.90 Å². The van der Waals surface area contributed by atoms with Crippen molar-refractivity contribution in [3.05, 3.63) is 23.2 Å². The van der Waals surface area contributed by atoms with Gasteiger partial charge >= 0.3 is 0 Å². The standard InChI is InChI=1S/C15H23ClN2O4S/c1-4-5-9-18(12(2)19)10-8-17-23(20,21)13-6-7-15(22-3)14(16)11-13/h6-7,11,17H,4-5,8-10H2,1-3H3. The van der Waals surface area contributed by atoms with Crippen molar-refractivity contribution in [1.82, 2.24) is 9.62 Å². The topological polar surface area (TPSA) is 75.7 Å². The van der Waals surface area contributed by atoms with E-state index in [0.29, 0.717) is 18.8 Å². The first kappa shape index (κ1) is 19.7. The molecular weight excluding hydrogens is 340 g/mol. The van der Waals surface area contributed by atoms with Gasteiger partial charge in [0.15, 0.2) is 0 Å². The molecular formula is C15H23ClN2O4S. The van der Waals surface area contributed by atoms with Crippen LogP contribution in [-0.2, 0) is 14.8 Å². The summed E-state index contributed by atoms with van der Waals surface area (Å²) in [6.45, 7) is 4.62. The third kappa shape index (κ3) is 6.01. The van der Waals surface area contributed by atoms with E-state index in [9.17, 15) is 13.2 Å². The van der Waals surface area contributed by atoms with Gasteiger partial charge in [0.1, 0.15) is 5.75 Å². The molecule has 0 heterocycles. The Morgan fingerprint density at radius 1 is 1.35 bits per heavy atom. The van der Waals surface area contributed by atoms with Crippen LogP contribution in [0.2, 0.25) is 5.02 Å². The van der Waals surface area contributed by atoms with E-state index in [1.165, 1.54) is 32.2 Å². The van der Waals surface area contributed by atoms with Crippen molar-refractivity contribution in [2.24, 2.45) is 0 Å². The van der Waals surface area contributed by atoms with Crippen LogP contribution in [0.25, 0.3) is 0 Å². The number of sulfonamides is 1. The molecule has 0 atom stereocenters. The SMILES string of the molecule is CCCCN(CCNS(=O)(=O)c1ccc(OC)c(Cl)c1)C(C)=O. The normalized spacial score (nSPS) is 11.3. The molecule has 0 aliphatic heterocycles. The second-order valence-corrected chi connectivity index (χ2v) is 7.23. The Morgan fingerprint density at radius 3 is 2.57 bits per heavy atom. The van der Waals surface area contributed by atoms with Gasteiger partial charge in [-0.05, 0) is 24.6 Å². The highest BCUT2D eigenvalue weighted by atomic mass is 35.5. The smallest absolute Gasteiger partial charge is 0.240 e. The summed E-state index contributed by atoms with van der Waals surface area (Å²) in [5, 5.41) is 0.226. The minimum Gasteiger partial charge on any atom is -0.495 e. The highest BCUT2D eigenvalue weighted by molar-refractivity contribution is 7.89. The summed E-state index contributed by atoms with van der Waals surface area (Å²) in [4.78, 5) is 13.2. The van der Waals surface area contributed by atoms with Crippen LogP contribution in [0.5, 0.6) is 5.75 Å².